The summed E-state index contributed by atoms with van der Waals surface area (Å²) in [7, 11) is 3.17. The number of hydrogen-bond acceptors (Lipinski definition) is 3. The molecule has 0 bridgehead atoms. The number of halogens is 4. The first-order valence-electron chi connectivity index (χ1n) is 6.86. The second kappa shape index (κ2) is 8.83. The van der Waals surface area contributed by atoms with E-state index in [1.165, 1.54) is 0 Å². The molecule has 0 atom stereocenters. The van der Waals surface area contributed by atoms with Crippen molar-refractivity contribution in [3.8, 4) is 11.5 Å². The van der Waals surface area contributed by atoms with Crippen molar-refractivity contribution in [2.75, 3.05) is 14.2 Å². The van der Waals surface area contributed by atoms with Gasteiger partial charge in [0.15, 0.2) is 5.78 Å². The predicted octanol–water partition coefficient (Wildman–Crippen LogP) is 6.25. The molecule has 24 heavy (non-hydrogen) atoms. The second-order valence-corrected chi connectivity index (χ2v) is 7.60. The summed E-state index contributed by atoms with van der Waals surface area (Å²) in [4.78, 5) is 13.2. The smallest absolute Gasteiger partial charge is 0.195 e. The zero-order valence-corrected chi connectivity index (χ0v) is 19.3. The van der Waals surface area contributed by atoms with E-state index in [-0.39, 0.29) is 5.78 Å². The van der Waals surface area contributed by atoms with Gasteiger partial charge in [-0.2, -0.15) is 0 Å². The molecule has 0 aliphatic heterocycles. The van der Waals surface area contributed by atoms with Gasteiger partial charge >= 0.3 is 0 Å². The van der Waals surface area contributed by atoms with Crippen molar-refractivity contribution in [1.82, 2.24) is 0 Å². The number of methoxy groups -OCH3 is 2. The van der Waals surface area contributed by atoms with Gasteiger partial charge in [0.2, 0.25) is 0 Å². The molecule has 0 amide bonds. The third-order valence-electron chi connectivity index (χ3n) is 3.49. The van der Waals surface area contributed by atoms with Gasteiger partial charge in [-0.1, -0.05) is 31.9 Å². The lowest BCUT2D eigenvalue weighted by molar-refractivity contribution is 0.103. The Bertz CT molecular complexity index is 711. The van der Waals surface area contributed by atoms with Crippen molar-refractivity contribution >= 4 is 69.5 Å². The number of ether oxygens (including phenoxy) is 2. The third kappa shape index (κ3) is 4.06. The molecule has 2 rings (SSSR count). The van der Waals surface area contributed by atoms with Crippen LogP contribution in [0.4, 0.5) is 0 Å². The number of carbonyl (C=O) groups is 1. The van der Waals surface area contributed by atoms with E-state index in [4.69, 9.17) is 9.47 Å². The highest BCUT2D eigenvalue weighted by molar-refractivity contribution is 9.11. The highest BCUT2D eigenvalue weighted by atomic mass is 79.9. The van der Waals surface area contributed by atoms with Gasteiger partial charge in [-0.15, -0.1) is 0 Å². The molecule has 2 aromatic carbocycles. The van der Waals surface area contributed by atoms with E-state index < -0.39 is 0 Å². The molecule has 0 aliphatic carbocycles. The molecule has 0 unspecified atom stereocenters. The van der Waals surface area contributed by atoms with Crippen LogP contribution in [0.1, 0.15) is 27.0 Å². The van der Waals surface area contributed by atoms with Crippen molar-refractivity contribution in [1.29, 1.82) is 0 Å². The van der Waals surface area contributed by atoms with Gasteiger partial charge in [0.05, 0.1) is 14.2 Å². The monoisotopic (exact) mass is 582 g/mol. The number of ketones is 1. The van der Waals surface area contributed by atoms with Gasteiger partial charge in [0.25, 0.3) is 0 Å². The molecule has 0 saturated carbocycles. The van der Waals surface area contributed by atoms with E-state index in [0.717, 1.165) is 20.1 Å². The fraction of sp³-hybridized carbons (Fsp3) is 0.235. The number of hydrogen-bond donors (Lipinski definition) is 0. The summed E-state index contributed by atoms with van der Waals surface area (Å²) in [6, 6.07) is 7.25. The van der Waals surface area contributed by atoms with Crippen LogP contribution in [0.3, 0.4) is 0 Å². The molecular weight excluding hydrogens is 572 g/mol. The third-order valence-corrected chi connectivity index (χ3v) is 6.57. The standard InChI is InChI=1S/C17H14Br4O3/c1-23-11-3-9(7-18)15(20)13(5-11)17(22)14-6-12(24-2)4-10(8-19)16(14)21/h3-6H,7-8H2,1-2H3. The molecule has 3 nitrogen and oxygen atoms in total. The first-order valence-corrected chi connectivity index (χ1v) is 10.7. The van der Waals surface area contributed by atoms with Crippen LogP contribution in [0.25, 0.3) is 0 Å². The van der Waals surface area contributed by atoms with Crippen molar-refractivity contribution in [3.05, 3.63) is 55.5 Å². The number of benzene rings is 2. The molecule has 128 valence electrons. The van der Waals surface area contributed by atoms with Gasteiger partial charge in [-0.3, -0.25) is 4.79 Å². The molecule has 2 aromatic rings. The normalized spacial score (nSPS) is 10.6. The van der Waals surface area contributed by atoms with Crippen LogP contribution in [0.2, 0.25) is 0 Å². The molecule has 0 radical (unpaired) electrons. The lowest BCUT2D eigenvalue weighted by Crippen LogP contribution is -2.07. The molecule has 0 heterocycles. The summed E-state index contributed by atoms with van der Waals surface area (Å²) in [6.45, 7) is 0. The minimum atomic E-state index is -0.115. The molecule has 0 N–H and O–H groups in total. The highest BCUT2D eigenvalue weighted by Gasteiger charge is 2.21. The largest absolute Gasteiger partial charge is 0.497 e. The molecule has 0 fully saturated rings. The summed E-state index contributed by atoms with van der Waals surface area (Å²) < 4.78 is 12.1. The first kappa shape index (κ1) is 19.9. The van der Waals surface area contributed by atoms with E-state index >= 15 is 0 Å². The van der Waals surface area contributed by atoms with Crippen LogP contribution in [0, 0.1) is 0 Å². The van der Waals surface area contributed by atoms with Crippen LogP contribution in [0.5, 0.6) is 11.5 Å². The van der Waals surface area contributed by atoms with E-state index in [1.54, 1.807) is 26.4 Å². The van der Waals surface area contributed by atoms with Crippen LogP contribution in [-0.2, 0) is 10.7 Å². The topological polar surface area (TPSA) is 35.5 Å². The Hall–Kier alpha value is -0.370. The maximum Gasteiger partial charge on any atom is 0.195 e. The fourth-order valence-corrected chi connectivity index (χ4v) is 4.95. The fourth-order valence-electron chi connectivity index (χ4n) is 2.22. The van der Waals surface area contributed by atoms with E-state index in [1.807, 2.05) is 12.1 Å². The summed E-state index contributed by atoms with van der Waals surface area (Å²) >= 11 is 14.0. The van der Waals surface area contributed by atoms with Crippen LogP contribution >= 0.6 is 63.7 Å². The zero-order chi connectivity index (χ0) is 17.9. The van der Waals surface area contributed by atoms with E-state index in [9.17, 15) is 4.79 Å². The van der Waals surface area contributed by atoms with E-state index in [2.05, 4.69) is 63.7 Å². The van der Waals surface area contributed by atoms with Crippen molar-refractivity contribution in [3.63, 3.8) is 0 Å². The van der Waals surface area contributed by atoms with Crippen molar-refractivity contribution < 1.29 is 14.3 Å². The van der Waals surface area contributed by atoms with Crippen LogP contribution < -0.4 is 9.47 Å². The van der Waals surface area contributed by atoms with Crippen LogP contribution in [-0.4, -0.2) is 20.0 Å². The molecule has 7 heteroatoms. The average molecular weight is 586 g/mol. The molecule has 0 aromatic heterocycles. The zero-order valence-electron chi connectivity index (χ0n) is 13.0. The summed E-state index contributed by atoms with van der Waals surface area (Å²) in [6.07, 6.45) is 0. The lowest BCUT2D eigenvalue weighted by Gasteiger charge is -2.14. The molecular formula is C17H14Br4O3. The average Bonchev–Trinajstić information content (AvgIpc) is 2.61. The summed E-state index contributed by atoms with van der Waals surface area (Å²) in [5.41, 5.74) is 2.96. The van der Waals surface area contributed by atoms with Gasteiger partial charge in [-0.05, 0) is 67.3 Å². The minimum Gasteiger partial charge on any atom is -0.497 e. The van der Waals surface area contributed by atoms with Crippen LogP contribution in [0.15, 0.2) is 33.2 Å². The molecule has 0 saturated heterocycles. The second-order valence-electron chi connectivity index (χ2n) is 4.89. The van der Waals surface area contributed by atoms with Gasteiger partial charge in [0.1, 0.15) is 11.5 Å². The lowest BCUT2D eigenvalue weighted by atomic mass is 9.99. The van der Waals surface area contributed by atoms with E-state index in [0.29, 0.717) is 33.3 Å². The molecule has 0 aliphatic rings. The first-order chi connectivity index (χ1) is 11.5. The van der Waals surface area contributed by atoms with Gasteiger partial charge in [-0.25, -0.2) is 0 Å². The Labute approximate surface area is 174 Å². The highest BCUT2D eigenvalue weighted by Crippen LogP contribution is 2.35. The number of alkyl halides is 2. The molecule has 0 spiro atoms. The Morgan fingerprint density at radius 2 is 1.21 bits per heavy atom. The van der Waals surface area contributed by atoms with Gasteiger partial charge in [0, 0.05) is 30.7 Å². The Morgan fingerprint density at radius 3 is 1.50 bits per heavy atom. The predicted molar refractivity (Wildman–Crippen MR) is 110 cm³/mol. The Morgan fingerprint density at radius 1 is 0.833 bits per heavy atom. The number of carbonyl (C=O) groups excluding carboxylic acids is 1. The maximum absolute atomic E-state index is 13.2. The maximum atomic E-state index is 13.2. The van der Waals surface area contributed by atoms with Crippen molar-refractivity contribution in [2.24, 2.45) is 0 Å². The summed E-state index contributed by atoms with van der Waals surface area (Å²) in [5.74, 6) is 1.16. The minimum absolute atomic E-state index is 0.115. The van der Waals surface area contributed by atoms with Crippen molar-refractivity contribution in [2.45, 2.75) is 10.7 Å². The Kier molecular flexibility index (Phi) is 7.34. The SMILES string of the molecule is COc1cc(CBr)c(Br)c(C(=O)c2cc(OC)cc(CBr)c2Br)c1. The summed E-state index contributed by atoms with van der Waals surface area (Å²) in [5, 5.41) is 1.22. The van der Waals surface area contributed by atoms with Gasteiger partial charge < -0.3 is 9.47 Å². The Balaban J connectivity index is 2.65. The number of rotatable bonds is 6. The quantitative estimate of drug-likeness (QED) is 0.297.